The van der Waals surface area contributed by atoms with Gasteiger partial charge in [-0.25, -0.2) is 0 Å². The van der Waals surface area contributed by atoms with Gasteiger partial charge in [-0.2, -0.15) is 0 Å². The molecule has 2 heterocycles. The summed E-state index contributed by atoms with van der Waals surface area (Å²) in [6.45, 7) is 7.28. The quantitative estimate of drug-likeness (QED) is 0.647. The van der Waals surface area contributed by atoms with Crippen molar-refractivity contribution in [1.29, 1.82) is 0 Å². The van der Waals surface area contributed by atoms with Crippen LogP contribution in [-0.2, 0) is 9.47 Å². The molecule has 1 unspecified atom stereocenters. The highest BCUT2D eigenvalue weighted by atomic mass is 16.5. The summed E-state index contributed by atoms with van der Waals surface area (Å²) in [6, 6.07) is 0. The van der Waals surface area contributed by atoms with Crippen LogP contribution in [0.25, 0.3) is 0 Å². The van der Waals surface area contributed by atoms with E-state index in [-0.39, 0.29) is 0 Å². The van der Waals surface area contributed by atoms with E-state index >= 15 is 0 Å². The zero-order valence-electron chi connectivity index (χ0n) is 8.21. The molecular weight excluding hydrogens is 166 g/mol. The lowest BCUT2D eigenvalue weighted by molar-refractivity contribution is 0.0351. The Kier molecular flexibility index (Phi) is 3.58. The first kappa shape index (κ1) is 9.44. The Hall–Kier alpha value is -0.120. The van der Waals surface area contributed by atoms with E-state index in [9.17, 15) is 0 Å². The van der Waals surface area contributed by atoms with Gasteiger partial charge in [0, 0.05) is 26.3 Å². The van der Waals surface area contributed by atoms with Gasteiger partial charge in [-0.15, -0.1) is 0 Å². The van der Waals surface area contributed by atoms with E-state index in [1.54, 1.807) is 0 Å². The zero-order valence-corrected chi connectivity index (χ0v) is 8.21. The van der Waals surface area contributed by atoms with E-state index < -0.39 is 0 Å². The Balaban J connectivity index is 1.60. The molecule has 76 valence electrons. The summed E-state index contributed by atoms with van der Waals surface area (Å²) in [7, 11) is 0. The van der Waals surface area contributed by atoms with Crippen molar-refractivity contribution in [2.75, 3.05) is 46.1 Å². The first-order valence-corrected chi connectivity index (χ1v) is 5.33. The van der Waals surface area contributed by atoms with E-state index in [4.69, 9.17) is 9.47 Å². The SMILES string of the molecule is C1CN(CCC2CCOC2)CCO1. The number of ether oxygens (including phenoxy) is 2. The number of hydrogen-bond acceptors (Lipinski definition) is 3. The second-order valence-corrected chi connectivity index (χ2v) is 3.97. The number of rotatable bonds is 3. The van der Waals surface area contributed by atoms with Gasteiger partial charge in [-0.1, -0.05) is 0 Å². The summed E-state index contributed by atoms with van der Waals surface area (Å²) in [4.78, 5) is 2.50. The Morgan fingerprint density at radius 1 is 1.08 bits per heavy atom. The smallest absolute Gasteiger partial charge is 0.0594 e. The van der Waals surface area contributed by atoms with Crippen molar-refractivity contribution < 1.29 is 9.47 Å². The van der Waals surface area contributed by atoms with Crippen molar-refractivity contribution >= 4 is 0 Å². The molecule has 0 aromatic heterocycles. The maximum absolute atomic E-state index is 5.35. The molecule has 2 saturated heterocycles. The minimum atomic E-state index is 0.822. The number of nitrogens with zero attached hydrogens (tertiary/aromatic N) is 1. The summed E-state index contributed by atoms with van der Waals surface area (Å²) in [5.41, 5.74) is 0. The molecule has 0 bridgehead atoms. The highest BCUT2D eigenvalue weighted by Gasteiger charge is 2.17. The van der Waals surface area contributed by atoms with Crippen LogP contribution < -0.4 is 0 Å². The molecule has 0 spiro atoms. The summed E-state index contributed by atoms with van der Waals surface area (Å²) >= 11 is 0. The molecule has 13 heavy (non-hydrogen) atoms. The molecule has 2 aliphatic rings. The van der Waals surface area contributed by atoms with Gasteiger partial charge in [0.25, 0.3) is 0 Å². The molecular formula is C10H19NO2. The maximum atomic E-state index is 5.35. The van der Waals surface area contributed by atoms with Crippen LogP contribution in [0.1, 0.15) is 12.8 Å². The van der Waals surface area contributed by atoms with Gasteiger partial charge in [0.05, 0.1) is 13.2 Å². The van der Waals surface area contributed by atoms with E-state index in [0.29, 0.717) is 0 Å². The first-order valence-electron chi connectivity index (χ1n) is 5.33. The molecule has 0 aliphatic carbocycles. The largest absolute Gasteiger partial charge is 0.381 e. The predicted octanol–water partition coefficient (Wildman–Crippen LogP) is 0.745. The molecule has 0 amide bonds. The molecule has 0 aromatic carbocycles. The van der Waals surface area contributed by atoms with Crippen LogP contribution in [0.3, 0.4) is 0 Å². The zero-order chi connectivity index (χ0) is 8.93. The minimum absolute atomic E-state index is 0.822. The van der Waals surface area contributed by atoms with Gasteiger partial charge in [0.2, 0.25) is 0 Å². The van der Waals surface area contributed by atoms with Gasteiger partial charge in [-0.3, -0.25) is 4.90 Å². The summed E-state index contributed by atoms with van der Waals surface area (Å²) < 4.78 is 10.7. The van der Waals surface area contributed by atoms with Gasteiger partial charge in [0.15, 0.2) is 0 Å². The third kappa shape index (κ3) is 2.93. The molecule has 2 rings (SSSR count). The van der Waals surface area contributed by atoms with Gasteiger partial charge >= 0.3 is 0 Å². The minimum Gasteiger partial charge on any atom is -0.381 e. The van der Waals surface area contributed by atoms with Crippen molar-refractivity contribution in [3.63, 3.8) is 0 Å². The summed E-state index contributed by atoms with van der Waals surface area (Å²) in [6.07, 6.45) is 2.57. The second-order valence-electron chi connectivity index (χ2n) is 3.97. The molecule has 0 N–H and O–H groups in total. The van der Waals surface area contributed by atoms with Crippen LogP contribution >= 0.6 is 0 Å². The standard InChI is InChI=1S/C10H19NO2/c1(10-2-6-13-9-10)3-11-4-7-12-8-5-11/h10H,1-9H2. The fourth-order valence-corrected chi connectivity index (χ4v) is 2.00. The fraction of sp³-hybridized carbons (Fsp3) is 1.00. The van der Waals surface area contributed by atoms with E-state index in [1.807, 2.05) is 0 Å². The van der Waals surface area contributed by atoms with Crippen molar-refractivity contribution in [2.45, 2.75) is 12.8 Å². The highest BCUT2D eigenvalue weighted by molar-refractivity contribution is 4.68. The Bertz CT molecular complexity index is 140. The molecule has 0 radical (unpaired) electrons. The molecule has 2 aliphatic heterocycles. The summed E-state index contributed by atoms with van der Waals surface area (Å²) in [5.74, 6) is 0.822. The number of hydrogen-bond donors (Lipinski definition) is 0. The molecule has 3 nitrogen and oxygen atoms in total. The Morgan fingerprint density at radius 3 is 2.62 bits per heavy atom. The first-order chi connectivity index (χ1) is 6.45. The van der Waals surface area contributed by atoms with Crippen molar-refractivity contribution in [1.82, 2.24) is 4.90 Å². The van der Waals surface area contributed by atoms with Gasteiger partial charge in [0.1, 0.15) is 0 Å². The fourth-order valence-electron chi connectivity index (χ4n) is 2.00. The molecule has 2 fully saturated rings. The van der Waals surface area contributed by atoms with Crippen LogP contribution in [0, 0.1) is 5.92 Å². The Morgan fingerprint density at radius 2 is 1.92 bits per heavy atom. The van der Waals surface area contributed by atoms with Crippen molar-refractivity contribution in [2.24, 2.45) is 5.92 Å². The average Bonchev–Trinajstić information content (AvgIpc) is 2.69. The van der Waals surface area contributed by atoms with Crippen LogP contribution in [-0.4, -0.2) is 51.0 Å². The van der Waals surface area contributed by atoms with Crippen LogP contribution in [0.2, 0.25) is 0 Å². The molecule has 3 heteroatoms. The van der Waals surface area contributed by atoms with E-state index in [1.165, 1.54) is 19.4 Å². The molecule has 0 saturated carbocycles. The third-order valence-corrected chi connectivity index (χ3v) is 2.98. The molecule has 1 atom stereocenters. The average molecular weight is 185 g/mol. The maximum Gasteiger partial charge on any atom is 0.0594 e. The third-order valence-electron chi connectivity index (χ3n) is 2.98. The Labute approximate surface area is 80.0 Å². The van der Waals surface area contributed by atoms with E-state index in [0.717, 1.165) is 45.4 Å². The van der Waals surface area contributed by atoms with Crippen molar-refractivity contribution in [3.8, 4) is 0 Å². The highest BCUT2D eigenvalue weighted by Crippen LogP contribution is 2.16. The summed E-state index contributed by atoms with van der Waals surface area (Å²) in [5, 5.41) is 0. The van der Waals surface area contributed by atoms with Crippen LogP contribution in [0.15, 0.2) is 0 Å². The monoisotopic (exact) mass is 185 g/mol. The van der Waals surface area contributed by atoms with Crippen molar-refractivity contribution in [3.05, 3.63) is 0 Å². The predicted molar refractivity (Wildman–Crippen MR) is 50.8 cm³/mol. The lowest BCUT2D eigenvalue weighted by atomic mass is 10.1. The van der Waals surface area contributed by atoms with Gasteiger partial charge in [-0.05, 0) is 25.3 Å². The number of morpholine rings is 1. The normalized spacial score (nSPS) is 30.9. The molecule has 0 aromatic rings. The lowest BCUT2D eigenvalue weighted by Crippen LogP contribution is -2.37. The topological polar surface area (TPSA) is 21.7 Å². The second kappa shape index (κ2) is 4.94. The van der Waals surface area contributed by atoms with Gasteiger partial charge < -0.3 is 9.47 Å². The van der Waals surface area contributed by atoms with Crippen LogP contribution in [0.4, 0.5) is 0 Å². The lowest BCUT2D eigenvalue weighted by Gasteiger charge is -2.27. The van der Waals surface area contributed by atoms with Crippen LogP contribution in [0.5, 0.6) is 0 Å². The van der Waals surface area contributed by atoms with E-state index in [2.05, 4.69) is 4.90 Å².